The van der Waals surface area contributed by atoms with Crippen molar-refractivity contribution in [1.82, 2.24) is 0 Å². The topological polar surface area (TPSA) is 90.4 Å². The molecule has 88 valence electrons. The van der Waals surface area contributed by atoms with Crippen LogP contribution in [0.25, 0.3) is 0 Å². The Hall–Kier alpha value is -1.91. The highest BCUT2D eigenvalue weighted by Gasteiger charge is 2.05. The smallest absolute Gasteiger partial charge is 0.236 e. The number of nitrogens with one attached hydrogen (secondary N) is 1. The molecule has 0 aromatic heterocycles. The van der Waals surface area contributed by atoms with E-state index in [2.05, 4.69) is 5.32 Å². The van der Waals surface area contributed by atoms with Crippen molar-refractivity contribution < 1.29 is 9.53 Å². The first-order valence-corrected chi connectivity index (χ1v) is 5.18. The second kappa shape index (κ2) is 5.85. The molecule has 0 aliphatic rings. The van der Waals surface area contributed by atoms with Gasteiger partial charge in [0.2, 0.25) is 5.91 Å². The molecule has 0 saturated carbocycles. The lowest BCUT2D eigenvalue weighted by Gasteiger charge is -2.12. The number of ether oxygens (including phenoxy) is 1. The van der Waals surface area contributed by atoms with Crippen molar-refractivity contribution in [2.75, 3.05) is 24.2 Å². The van der Waals surface area contributed by atoms with Gasteiger partial charge in [0.05, 0.1) is 24.5 Å². The fourth-order valence-electron chi connectivity index (χ4n) is 1.22. The van der Waals surface area contributed by atoms with Crippen LogP contribution in [0, 0.1) is 0 Å². The molecule has 1 rings (SSSR count). The molecule has 0 bridgehead atoms. The molecule has 5 N–H and O–H groups in total. The monoisotopic (exact) mass is 223 g/mol. The molecule has 0 fully saturated rings. The van der Waals surface area contributed by atoms with Gasteiger partial charge in [0, 0.05) is 0 Å². The molecule has 1 aromatic carbocycles. The molecular formula is C11H17N3O2. The highest BCUT2D eigenvalue weighted by molar-refractivity contribution is 5.81. The Kier molecular flexibility index (Phi) is 4.44. The van der Waals surface area contributed by atoms with Gasteiger partial charge in [0.1, 0.15) is 5.75 Å². The molecule has 5 nitrogen and oxygen atoms in total. The molecule has 0 atom stereocenters. The molecule has 1 amide bonds. The minimum Gasteiger partial charge on any atom is -0.491 e. The van der Waals surface area contributed by atoms with Crippen molar-refractivity contribution in [3.05, 3.63) is 18.2 Å². The maximum absolute atomic E-state index is 10.6. The van der Waals surface area contributed by atoms with Crippen LogP contribution >= 0.6 is 0 Å². The summed E-state index contributed by atoms with van der Waals surface area (Å²) in [5.74, 6) is 0.190. The van der Waals surface area contributed by atoms with Crippen LogP contribution in [0.5, 0.6) is 5.75 Å². The fraction of sp³-hybridized carbons (Fsp3) is 0.364. The maximum atomic E-state index is 10.6. The third-order valence-electron chi connectivity index (χ3n) is 1.98. The van der Waals surface area contributed by atoms with E-state index in [1.807, 2.05) is 13.0 Å². The first kappa shape index (κ1) is 12.2. The number of carbonyl (C=O) groups excluding carboxylic acids is 1. The van der Waals surface area contributed by atoms with Crippen LogP contribution in [0.2, 0.25) is 0 Å². The van der Waals surface area contributed by atoms with E-state index in [1.54, 1.807) is 12.1 Å². The van der Waals surface area contributed by atoms with Gasteiger partial charge in [-0.15, -0.1) is 0 Å². The zero-order valence-corrected chi connectivity index (χ0v) is 9.32. The summed E-state index contributed by atoms with van der Waals surface area (Å²) in [5, 5.41) is 2.85. The minimum atomic E-state index is -0.431. The van der Waals surface area contributed by atoms with E-state index in [9.17, 15) is 4.79 Å². The molecule has 0 aliphatic carbocycles. The molecule has 0 unspecified atom stereocenters. The number of nitrogen functional groups attached to an aromatic ring is 1. The van der Waals surface area contributed by atoms with Gasteiger partial charge in [-0.25, -0.2) is 0 Å². The summed E-state index contributed by atoms with van der Waals surface area (Å²) in [5.41, 5.74) is 12.1. The maximum Gasteiger partial charge on any atom is 0.236 e. The number of primary amides is 1. The standard InChI is InChI=1S/C11H17N3O2/c1-2-6-16-9-5-3-4-8(11(9)13)14-7-10(12)15/h3-5,14H,2,6-7,13H2,1H3,(H2,12,15). The fourth-order valence-corrected chi connectivity index (χ4v) is 1.22. The molecule has 1 aromatic rings. The number of nitrogens with two attached hydrogens (primary N) is 2. The number of benzene rings is 1. The Balaban J connectivity index is 2.73. The van der Waals surface area contributed by atoms with Gasteiger partial charge in [0.25, 0.3) is 0 Å². The zero-order valence-electron chi connectivity index (χ0n) is 9.32. The van der Waals surface area contributed by atoms with E-state index < -0.39 is 5.91 Å². The Morgan fingerprint density at radius 3 is 2.88 bits per heavy atom. The largest absolute Gasteiger partial charge is 0.491 e. The van der Waals surface area contributed by atoms with E-state index in [-0.39, 0.29) is 6.54 Å². The molecule has 5 heteroatoms. The first-order chi connectivity index (χ1) is 7.65. The summed E-state index contributed by atoms with van der Waals surface area (Å²) >= 11 is 0. The predicted octanol–water partition coefficient (Wildman–Crippen LogP) is 0.955. The van der Waals surface area contributed by atoms with Gasteiger partial charge >= 0.3 is 0 Å². The van der Waals surface area contributed by atoms with Gasteiger partial charge in [-0.1, -0.05) is 13.0 Å². The Labute approximate surface area is 94.8 Å². The molecule has 0 heterocycles. The molecule has 0 saturated heterocycles. The number of para-hydroxylation sites is 1. The number of hydrogen-bond donors (Lipinski definition) is 3. The van der Waals surface area contributed by atoms with E-state index in [0.717, 1.165) is 6.42 Å². The molecule has 16 heavy (non-hydrogen) atoms. The molecule has 0 radical (unpaired) electrons. The average Bonchev–Trinajstić information content (AvgIpc) is 2.26. The van der Waals surface area contributed by atoms with Gasteiger partial charge in [0.15, 0.2) is 0 Å². The second-order valence-corrected chi connectivity index (χ2v) is 3.39. The van der Waals surface area contributed by atoms with Crippen molar-refractivity contribution in [2.24, 2.45) is 5.73 Å². The van der Waals surface area contributed by atoms with E-state index in [0.29, 0.717) is 23.7 Å². The summed E-state index contributed by atoms with van der Waals surface area (Å²) in [6, 6.07) is 5.38. The van der Waals surface area contributed by atoms with Crippen molar-refractivity contribution >= 4 is 17.3 Å². The van der Waals surface area contributed by atoms with Crippen LogP contribution in [0.1, 0.15) is 13.3 Å². The number of anilines is 2. The average molecular weight is 223 g/mol. The van der Waals surface area contributed by atoms with Gasteiger partial charge in [-0.2, -0.15) is 0 Å². The van der Waals surface area contributed by atoms with Crippen molar-refractivity contribution in [1.29, 1.82) is 0 Å². The van der Waals surface area contributed by atoms with Gasteiger partial charge < -0.3 is 21.5 Å². The predicted molar refractivity (Wildman–Crippen MR) is 64.3 cm³/mol. The number of carbonyl (C=O) groups is 1. The van der Waals surface area contributed by atoms with Crippen LogP contribution in [0.4, 0.5) is 11.4 Å². The van der Waals surface area contributed by atoms with Crippen LogP contribution in [0.15, 0.2) is 18.2 Å². The third kappa shape index (κ3) is 3.34. The highest BCUT2D eigenvalue weighted by atomic mass is 16.5. The van der Waals surface area contributed by atoms with Crippen LogP contribution in [-0.2, 0) is 4.79 Å². The SMILES string of the molecule is CCCOc1cccc(NCC(N)=O)c1N. The third-order valence-corrected chi connectivity index (χ3v) is 1.98. The van der Waals surface area contributed by atoms with Crippen LogP contribution in [0.3, 0.4) is 0 Å². The lowest BCUT2D eigenvalue weighted by Crippen LogP contribution is -2.22. The minimum absolute atomic E-state index is 0.0570. The summed E-state index contributed by atoms with van der Waals surface area (Å²) in [7, 11) is 0. The molecule has 0 aliphatic heterocycles. The van der Waals surface area contributed by atoms with Crippen molar-refractivity contribution in [3.8, 4) is 5.75 Å². The summed E-state index contributed by atoms with van der Waals surface area (Å²) in [4.78, 5) is 10.6. The Morgan fingerprint density at radius 1 is 1.50 bits per heavy atom. The van der Waals surface area contributed by atoms with Gasteiger partial charge in [-0.3, -0.25) is 4.79 Å². The number of amides is 1. The summed E-state index contributed by atoms with van der Waals surface area (Å²) in [6.45, 7) is 2.69. The Morgan fingerprint density at radius 2 is 2.25 bits per heavy atom. The summed E-state index contributed by atoms with van der Waals surface area (Å²) in [6.07, 6.45) is 0.915. The second-order valence-electron chi connectivity index (χ2n) is 3.39. The lowest BCUT2D eigenvalue weighted by molar-refractivity contribution is -0.116. The molecule has 0 spiro atoms. The lowest BCUT2D eigenvalue weighted by atomic mass is 10.2. The summed E-state index contributed by atoms with van der Waals surface area (Å²) < 4.78 is 5.45. The van der Waals surface area contributed by atoms with Crippen molar-refractivity contribution in [3.63, 3.8) is 0 Å². The molecular weight excluding hydrogens is 206 g/mol. The Bertz CT molecular complexity index is 366. The van der Waals surface area contributed by atoms with Crippen molar-refractivity contribution in [2.45, 2.75) is 13.3 Å². The quantitative estimate of drug-likeness (QED) is 0.626. The van der Waals surface area contributed by atoms with Crippen LogP contribution < -0.4 is 21.5 Å². The highest BCUT2D eigenvalue weighted by Crippen LogP contribution is 2.29. The van der Waals surface area contributed by atoms with Crippen LogP contribution in [-0.4, -0.2) is 19.1 Å². The van der Waals surface area contributed by atoms with E-state index in [1.165, 1.54) is 0 Å². The normalized spacial score (nSPS) is 9.81. The van der Waals surface area contributed by atoms with E-state index in [4.69, 9.17) is 16.2 Å². The zero-order chi connectivity index (χ0) is 12.0. The first-order valence-electron chi connectivity index (χ1n) is 5.18. The number of rotatable bonds is 6. The van der Waals surface area contributed by atoms with Gasteiger partial charge in [-0.05, 0) is 18.6 Å². The van der Waals surface area contributed by atoms with E-state index >= 15 is 0 Å². The number of hydrogen-bond acceptors (Lipinski definition) is 4.